The van der Waals surface area contributed by atoms with Crippen LogP contribution in [0.3, 0.4) is 0 Å². The van der Waals surface area contributed by atoms with Gasteiger partial charge in [0.15, 0.2) is 23.2 Å². The average Bonchev–Trinajstić information content (AvgIpc) is 3.28. The minimum absolute atomic E-state index is 0.193. The molecule has 0 aliphatic rings. The number of halogens is 1. The van der Waals surface area contributed by atoms with Crippen LogP contribution in [0.25, 0.3) is 10.2 Å². The number of hydrogen-bond donors (Lipinski definition) is 0. The monoisotopic (exact) mass is 469 g/mol. The third kappa shape index (κ3) is 4.61. The van der Waals surface area contributed by atoms with E-state index in [-0.39, 0.29) is 19.1 Å². The number of para-hydroxylation sites is 2. The summed E-state index contributed by atoms with van der Waals surface area (Å²) in [6.45, 7) is 0.0865. The molecular formula is C23H20ClN3O4S. The summed E-state index contributed by atoms with van der Waals surface area (Å²) in [7, 11) is 3.12. The molecule has 0 fully saturated rings. The van der Waals surface area contributed by atoms with Crippen molar-refractivity contribution in [1.29, 1.82) is 0 Å². The molecule has 7 nitrogen and oxygen atoms in total. The SMILES string of the molecule is COc1ccccc1OCC(=O)N(Cc1cccnc1)c1nc2c(OC)ccc(Cl)c2s1. The molecule has 0 spiro atoms. The maximum atomic E-state index is 13.3. The summed E-state index contributed by atoms with van der Waals surface area (Å²) in [5.74, 6) is 1.36. The van der Waals surface area contributed by atoms with Crippen LogP contribution >= 0.6 is 22.9 Å². The first-order valence-corrected chi connectivity index (χ1v) is 10.9. The van der Waals surface area contributed by atoms with Gasteiger partial charge in [0.2, 0.25) is 0 Å². The van der Waals surface area contributed by atoms with E-state index in [9.17, 15) is 4.79 Å². The minimum Gasteiger partial charge on any atom is -0.494 e. The molecule has 0 radical (unpaired) electrons. The maximum absolute atomic E-state index is 13.3. The highest BCUT2D eigenvalue weighted by molar-refractivity contribution is 7.23. The van der Waals surface area contributed by atoms with Crippen molar-refractivity contribution in [2.75, 3.05) is 25.7 Å². The summed E-state index contributed by atoms with van der Waals surface area (Å²) in [5.41, 5.74) is 1.46. The molecule has 2 aromatic carbocycles. The molecule has 0 atom stereocenters. The molecule has 2 aromatic heterocycles. The fraction of sp³-hybridized carbons (Fsp3) is 0.174. The van der Waals surface area contributed by atoms with Crippen LogP contribution in [0.2, 0.25) is 5.02 Å². The lowest BCUT2D eigenvalue weighted by Crippen LogP contribution is -2.34. The summed E-state index contributed by atoms with van der Waals surface area (Å²) in [6, 6.07) is 14.4. The maximum Gasteiger partial charge on any atom is 0.267 e. The van der Waals surface area contributed by atoms with Gasteiger partial charge in [-0.3, -0.25) is 14.7 Å². The Morgan fingerprint density at radius 1 is 1.03 bits per heavy atom. The van der Waals surface area contributed by atoms with Gasteiger partial charge in [-0.25, -0.2) is 4.98 Å². The lowest BCUT2D eigenvalue weighted by molar-refractivity contribution is -0.120. The predicted molar refractivity (Wildman–Crippen MR) is 125 cm³/mol. The molecule has 0 N–H and O–H groups in total. The Hall–Kier alpha value is -3.36. The van der Waals surface area contributed by atoms with E-state index in [4.69, 9.17) is 25.8 Å². The number of rotatable bonds is 8. The summed E-state index contributed by atoms with van der Waals surface area (Å²) in [4.78, 5) is 23.7. The fourth-order valence-corrected chi connectivity index (χ4v) is 4.39. The van der Waals surface area contributed by atoms with Crippen molar-refractivity contribution in [1.82, 2.24) is 9.97 Å². The van der Waals surface area contributed by atoms with Gasteiger partial charge in [0.1, 0.15) is 11.3 Å². The van der Waals surface area contributed by atoms with Crippen LogP contribution in [0.5, 0.6) is 17.2 Å². The Morgan fingerprint density at radius 2 is 1.81 bits per heavy atom. The van der Waals surface area contributed by atoms with E-state index in [2.05, 4.69) is 9.97 Å². The third-order valence-electron chi connectivity index (χ3n) is 4.68. The fourth-order valence-electron chi connectivity index (χ4n) is 3.11. The van der Waals surface area contributed by atoms with Crippen molar-refractivity contribution in [2.45, 2.75) is 6.54 Å². The van der Waals surface area contributed by atoms with Crippen LogP contribution < -0.4 is 19.1 Å². The largest absolute Gasteiger partial charge is 0.494 e. The number of carbonyl (C=O) groups excluding carboxylic acids is 1. The minimum atomic E-state index is -0.270. The van der Waals surface area contributed by atoms with Crippen molar-refractivity contribution in [3.63, 3.8) is 0 Å². The van der Waals surface area contributed by atoms with Gasteiger partial charge in [-0.05, 0) is 35.9 Å². The Balaban J connectivity index is 1.66. The number of fused-ring (bicyclic) bond motifs is 1. The number of carbonyl (C=O) groups is 1. The molecule has 0 bridgehead atoms. The van der Waals surface area contributed by atoms with Crippen LogP contribution in [-0.4, -0.2) is 36.7 Å². The number of amides is 1. The molecule has 0 saturated carbocycles. The van der Waals surface area contributed by atoms with E-state index < -0.39 is 0 Å². The summed E-state index contributed by atoms with van der Waals surface area (Å²) in [5, 5.41) is 1.03. The molecule has 164 valence electrons. The highest BCUT2D eigenvalue weighted by Gasteiger charge is 2.23. The zero-order valence-electron chi connectivity index (χ0n) is 17.4. The Labute approximate surface area is 194 Å². The molecule has 32 heavy (non-hydrogen) atoms. The molecule has 9 heteroatoms. The molecular weight excluding hydrogens is 450 g/mol. The lowest BCUT2D eigenvalue weighted by Gasteiger charge is -2.20. The summed E-state index contributed by atoms with van der Waals surface area (Å²) < 4.78 is 17.2. The standard InChI is InChI=1S/C23H20ClN3O4S/c1-29-17-7-3-4-8-18(17)31-14-20(28)27(13-15-6-5-11-25-12-15)23-26-21-19(30-2)10-9-16(24)22(21)32-23/h3-12H,13-14H2,1-2H3. The first-order valence-electron chi connectivity index (χ1n) is 9.69. The van der Waals surface area contributed by atoms with Crippen molar-refractivity contribution in [2.24, 2.45) is 0 Å². The van der Waals surface area contributed by atoms with Crippen LogP contribution in [0.1, 0.15) is 5.56 Å². The number of benzene rings is 2. The number of aromatic nitrogens is 2. The first-order chi connectivity index (χ1) is 15.6. The number of methoxy groups -OCH3 is 2. The predicted octanol–water partition coefficient (Wildman–Crippen LogP) is 4.97. The Bertz CT molecular complexity index is 1230. The topological polar surface area (TPSA) is 73.8 Å². The molecule has 4 aromatic rings. The molecule has 0 aliphatic carbocycles. The summed E-state index contributed by atoms with van der Waals surface area (Å²) >= 11 is 7.70. The number of thiazole rings is 1. The van der Waals surface area contributed by atoms with Gasteiger partial charge < -0.3 is 14.2 Å². The summed E-state index contributed by atoms with van der Waals surface area (Å²) in [6.07, 6.45) is 3.39. The van der Waals surface area contributed by atoms with Gasteiger partial charge >= 0.3 is 0 Å². The smallest absolute Gasteiger partial charge is 0.267 e. The highest BCUT2D eigenvalue weighted by Crippen LogP contribution is 2.39. The van der Waals surface area contributed by atoms with Crippen molar-refractivity contribution < 1.29 is 19.0 Å². The first kappa shape index (κ1) is 21.9. The van der Waals surface area contributed by atoms with Crippen LogP contribution in [0.15, 0.2) is 60.9 Å². The average molecular weight is 470 g/mol. The number of hydrogen-bond acceptors (Lipinski definition) is 7. The van der Waals surface area contributed by atoms with Gasteiger partial charge in [0.25, 0.3) is 5.91 Å². The van der Waals surface area contributed by atoms with Crippen molar-refractivity contribution in [3.8, 4) is 17.2 Å². The molecule has 0 unspecified atom stereocenters. The van der Waals surface area contributed by atoms with E-state index in [1.807, 2.05) is 24.3 Å². The van der Waals surface area contributed by atoms with E-state index in [0.717, 1.165) is 10.3 Å². The zero-order chi connectivity index (χ0) is 22.5. The van der Waals surface area contributed by atoms with Gasteiger partial charge in [-0.1, -0.05) is 41.1 Å². The molecule has 1 amide bonds. The molecule has 2 heterocycles. The van der Waals surface area contributed by atoms with Gasteiger partial charge in [-0.2, -0.15) is 0 Å². The van der Waals surface area contributed by atoms with Crippen LogP contribution in [0, 0.1) is 0 Å². The molecule has 0 aliphatic heterocycles. The zero-order valence-corrected chi connectivity index (χ0v) is 19.0. The lowest BCUT2D eigenvalue weighted by atomic mass is 10.2. The second-order valence-electron chi connectivity index (χ2n) is 6.70. The van der Waals surface area contributed by atoms with E-state index in [1.54, 1.807) is 55.8 Å². The van der Waals surface area contributed by atoms with Gasteiger partial charge in [0.05, 0.1) is 30.5 Å². The highest BCUT2D eigenvalue weighted by atomic mass is 35.5. The quantitative estimate of drug-likeness (QED) is 0.362. The second-order valence-corrected chi connectivity index (χ2v) is 8.09. The van der Waals surface area contributed by atoms with E-state index >= 15 is 0 Å². The Morgan fingerprint density at radius 3 is 2.53 bits per heavy atom. The van der Waals surface area contributed by atoms with Crippen molar-refractivity contribution >= 4 is 44.2 Å². The number of pyridine rings is 1. The van der Waals surface area contributed by atoms with E-state index in [1.165, 1.54) is 11.3 Å². The van der Waals surface area contributed by atoms with Gasteiger partial charge in [-0.15, -0.1) is 0 Å². The van der Waals surface area contributed by atoms with Crippen molar-refractivity contribution in [3.05, 3.63) is 71.5 Å². The van der Waals surface area contributed by atoms with E-state index in [0.29, 0.717) is 32.9 Å². The second kappa shape index (κ2) is 9.84. The Kier molecular flexibility index (Phi) is 6.72. The van der Waals surface area contributed by atoms with Crippen LogP contribution in [-0.2, 0) is 11.3 Å². The molecule has 0 saturated heterocycles. The number of ether oxygens (including phenoxy) is 3. The molecule has 4 rings (SSSR count). The number of anilines is 1. The van der Waals surface area contributed by atoms with Crippen LogP contribution in [0.4, 0.5) is 5.13 Å². The number of nitrogens with zero attached hydrogens (tertiary/aromatic N) is 3. The third-order valence-corrected chi connectivity index (χ3v) is 6.22. The normalized spacial score (nSPS) is 10.7. The van der Waals surface area contributed by atoms with Gasteiger partial charge in [0, 0.05) is 12.4 Å².